The maximum Gasteiger partial charge on any atom is 0.415 e. The van der Waals surface area contributed by atoms with Gasteiger partial charge in [-0.15, -0.1) is 0 Å². The molecule has 0 fully saturated rings. The predicted octanol–water partition coefficient (Wildman–Crippen LogP) is -0.317. The van der Waals surface area contributed by atoms with E-state index in [1.807, 2.05) is 58.1 Å². The van der Waals surface area contributed by atoms with Crippen molar-refractivity contribution < 1.29 is 43.4 Å². The van der Waals surface area contributed by atoms with Crippen LogP contribution in [0.3, 0.4) is 0 Å². The van der Waals surface area contributed by atoms with Crippen molar-refractivity contribution in [1.29, 1.82) is 0 Å². The lowest BCUT2D eigenvalue weighted by Crippen LogP contribution is -3.00. The molecule has 12 heteroatoms. The van der Waals surface area contributed by atoms with Gasteiger partial charge in [-0.2, -0.15) is 0 Å². The Morgan fingerprint density at radius 1 is 1.23 bits per heavy atom. The Kier molecular flexibility index (Phi) is 8.33. The van der Waals surface area contributed by atoms with E-state index in [-0.39, 0.29) is 30.1 Å². The van der Waals surface area contributed by atoms with Crippen LogP contribution in [0.1, 0.15) is 44.5 Å². The largest absolute Gasteiger partial charge is 1.00 e. The first-order valence-electron chi connectivity index (χ1n) is 12.8. The summed E-state index contributed by atoms with van der Waals surface area (Å²) in [6.45, 7) is 12.4. The van der Waals surface area contributed by atoms with Gasteiger partial charge in [0.2, 0.25) is 11.8 Å². The molecule has 1 aromatic carbocycles. The highest BCUT2D eigenvalue weighted by molar-refractivity contribution is 5.72. The van der Waals surface area contributed by atoms with Gasteiger partial charge in [0.1, 0.15) is 17.9 Å². The van der Waals surface area contributed by atoms with Crippen molar-refractivity contribution in [3.05, 3.63) is 69.0 Å². The molecule has 2 aromatic rings. The average Bonchev–Trinajstić information content (AvgIpc) is 2.87. The minimum absolute atomic E-state index is 0. The first kappa shape index (κ1) is 28.6. The van der Waals surface area contributed by atoms with E-state index in [0.29, 0.717) is 43.8 Å². The SMILES string of the molecule is CC1=C(N2CCc3cnc(Nc4ccc([NH+]=O)c(C)c4)nc3C2)CNC2=C1N(C(=O)OC(C)(C)C)CCO2.[I-]. The van der Waals surface area contributed by atoms with Crippen LogP contribution in [0.2, 0.25) is 0 Å². The first-order chi connectivity index (χ1) is 18.1. The van der Waals surface area contributed by atoms with Crippen LogP contribution in [-0.4, -0.2) is 57.7 Å². The normalized spacial score (nSPS) is 16.8. The number of nitroso groups, excluding NO2 is 1. The van der Waals surface area contributed by atoms with Gasteiger partial charge in [0.15, 0.2) is 0 Å². The van der Waals surface area contributed by atoms with Crippen LogP contribution >= 0.6 is 0 Å². The highest BCUT2D eigenvalue weighted by Gasteiger charge is 2.36. The highest BCUT2D eigenvalue weighted by Crippen LogP contribution is 2.33. The molecule has 3 aliphatic rings. The number of benzene rings is 1. The fraction of sp³-hybridized carbons (Fsp3) is 0.444. The molecule has 1 amide bonds. The van der Waals surface area contributed by atoms with Crippen molar-refractivity contribution in [1.82, 2.24) is 25.1 Å². The summed E-state index contributed by atoms with van der Waals surface area (Å²) < 4.78 is 11.5. The third-order valence-electron chi connectivity index (χ3n) is 6.78. The van der Waals surface area contributed by atoms with E-state index in [9.17, 15) is 9.70 Å². The van der Waals surface area contributed by atoms with Gasteiger partial charge in [-0.3, -0.25) is 4.90 Å². The molecular weight excluding hydrogens is 613 g/mol. The fourth-order valence-electron chi connectivity index (χ4n) is 4.91. The molecule has 0 unspecified atom stereocenters. The van der Waals surface area contributed by atoms with Crippen molar-refractivity contribution in [3.63, 3.8) is 0 Å². The van der Waals surface area contributed by atoms with Crippen LogP contribution in [0.4, 0.5) is 22.1 Å². The van der Waals surface area contributed by atoms with E-state index in [0.717, 1.165) is 52.4 Å². The number of aromatic nitrogens is 2. The molecule has 3 aliphatic heterocycles. The molecule has 11 nitrogen and oxygen atoms in total. The number of nitrogens with one attached hydrogen (secondary N) is 3. The minimum atomic E-state index is -0.589. The number of hydrogen-bond acceptors (Lipinski definition) is 9. The molecule has 0 spiro atoms. The van der Waals surface area contributed by atoms with Gasteiger partial charge in [-0.25, -0.2) is 14.8 Å². The minimum Gasteiger partial charge on any atom is -1.00 e. The summed E-state index contributed by atoms with van der Waals surface area (Å²) in [4.78, 5) is 37.3. The number of rotatable bonds is 4. The van der Waals surface area contributed by atoms with Crippen LogP contribution in [0.15, 0.2) is 47.2 Å². The summed E-state index contributed by atoms with van der Waals surface area (Å²) in [5.41, 5.74) is 6.47. The van der Waals surface area contributed by atoms with Crippen LogP contribution in [0.25, 0.3) is 0 Å². The zero-order chi connectivity index (χ0) is 27.0. The molecule has 3 N–H and O–H groups in total. The van der Waals surface area contributed by atoms with Crippen molar-refractivity contribution in [2.24, 2.45) is 0 Å². The number of ether oxygens (including phenoxy) is 2. The number of carbonyl (C=O) groups excluding carboxylic acids is 1. The van der Waals surface area contributed by atoms with Crippen LogP contribution < -0.4 is 39.8 Å². The maximum atomic E-state index is 13.0. The summed E-state index contributed by atoms with van der Waals surface area (Å²) in [6.07, 6.45) is 2.31. The van der Waals surface area contributed by atoms with Gasteiger partial charge in [0.25, 0.3) is 5.69 Å². The number of hydrogen-bond donors (Lipinski definition) is 3. The van der Waals surface area contributed by atoms with Crippen molar-refractivity contribution in [2.45, 2.75) is 53.2 Å². The van der Waals surface area contributed by atoms with Gasteiger partial charge in [0.05, 0.1) is 25.3 Å². The molecule has 1 aromatic heterocycles. The van der Waals surface area contributed by atoms with Crippen LogP contribution in [0.5, 0.6) is 0 Å². The number of fused-ring (bicyclic) bond motifs is 1. The Labute approximate surface area is 245 Å². The monoisotopic (exact) mass is 647 g/mol. The number of dihydropyridines is 1. The number of halogens is 1. The highest BCUT2D eigenvalue weighted by atomic mass is 127. The summed E-state index contributed by atoms with van der Waals surface area (Å²) in [5, 5.41) is 8.55. The lowest BCUT2D eigenvalue weighted by molar-refractivity contribution is -0.380. The van der Waals surface area contributed by atoms with Crippen molar-refractivity contribution in [3.8, 4) is 0 Å². The molecule has 0 saturated heterocycles. The standard InChI is InChI=1S/C27H33N7O4.HI/c1-16-12-19(6-7-20(16)32-36)30-25-29-13-18-8-9-33(15-21(18)31-25)22-14-28-24-23(17(22)2)34(10-11-37-24)26(35)38-27(3,4)5;/h6-7,12-13,28H,8-11,14-15H2,1-5H3,(H,29,30,31);1H. The third kappa shape index (κ3) is 6.10. The smallest absolute Gasteiger partial charge is 0.415 e. The number of aryl methyl sites for hydroxylation is 1. The fourth-order valence-corrected chi connectivity index (χ4v) is 4.91. The van der Waals surface area contributed by atoms with Gasteiger partial charge in [-0.05, 0) is 64.3 Å². The van der Waals surface area contributed by atoms with E-state index in [1.54, 1.807) is 11.0 Å². The Hall–Kier alpha value is -3.42. The Balaban J connectivity index is 0.00000353. The van der Waals surface area contributed by atoms with Crippen molar-refractivity contribution in [2.75, 3.05) is 31.6 Å². The maximum absolute atomic E-state index is 13.0. The summed E-state index contributed by atoms with van der Waals surface area (Å²) in [5.74, 6) is 1.12. The quantitative estimate of drug-likeness (QED) is 0.384. The average molecular weight is 648 g/mol. The Morgan fingerprint density at radius 2 is 2.03 bits per heavy atom. The first-order valence-corrected chi connectivity index (χ1v) is 12.8. The number of nitrogens with zero attached hydrogens (tertiary/aromatic N) is 4. The zero-order valence-corrected chi connectivity index (χ0v) is 25.0. The van der Waals surface area contributed by atoms with E-state index >= 15 is 0 Å². The number of amides is 1. The summed E-state index contributed by atoms with van der Waals surface area (Å²) >= 11 is 0. The van der Waals surface area contributed by atoms with E-state index in [2.05, 4.69) is 20.5 Å². The molecule has 0 saturated carbocycles. The molecule has 208 valence electrons. The molecule has 4 heterocycles. The number of allylic oxidation sites excluding steroid dienone is 1. The molecule has 5 rings (SSSR count). The summed E-state index contributed by atoms with van der Waals surface area (Å²) in [7, 11) is 0. The van der Waals surface area contributed by atoms with Gasteiger partial charge >= 0.3 is 6.09 Å². The molecule has 0 atom stereocenters. The Morgan fingerprint density at radius 3 is 2.74 bits per heavy atom. The molecule has 39 heavy (non-hydrogen) atoms. The topological polar surface area (TPSA) is 123 Å². The third-order valence-corrected chi connectivity index (χ3v) is 6.78. The lowest BCUT2D eigenvalue weighted by Gasteiger charge is -2.40. The van der Waals surface area contributed by atoms with Crippen molar-refractivity contribution >= 4 is 23.4 Å². The second kappa shape index (κ2) is 11.4. The second-order valence-corrected chi connectivity index (χ2v) is 10.7. The zero-order valence-electron chi connectivity index (χ0n) is 22.9. The lowest BCUT2D eigenvalue weighted by atomic mass is 10.0. The molecule has 0 aliphatic carbocycles. The van der Waals surface area contributed by atoms with Crippen LogP contribution in [0, 0.1) is 11.8 Å². The van der Waals surface area contributed by atoms with Gasteiger partial charge in [-0.1, -0.05) is 0 Å². The van der Waals surface area contributed by atoms with E-state index < -0.39 is 5.60 Å². The number of carbonyl (C=O) groups is 1. The summed E-state index contributed by atoms with van der Waals surface area (Å²) in [6, 6.07) is 5.43. The van der Waals surface area contributed by atoms with Crippen LogP contribution in [-0.2, 0) is 22.4 Å². The van der Waals surface area contributed by atoms with E-state index in [4.69, 9.17) is 14.5 Å². The van der Waals surface area contributed by atoms with Gasteiger partial charge < -0.3 is 49.0 Å². The van der Waals surface area contributed by atoms with E-state index in [1.165, 1.54) is 0 Å². The second-order valence-electron chi connectivity index (χ2n) is 10.7. The predicted molar refractivity (Wildman–Crippen MR) is 141 cm³/mol. The molecular formula is C27H34IN7O4. The molecule has 0 bridgehead atoms. The Bertz CT molecular complexity index is 1350. The molecule has 0 radical (unpaired) electrons. The number of anilines is 2. The van der Waals surface area contributed by atoms with Gasteiger partial charge in [0, 0.05) is 45.8 Å².